The van der Waals surface area contributed by atoms with Crippen molar-refractivity contribution in [1.82, 2.24) is 0 Å². The molecule has 0 rings (SSSR count). The second-order valence-corrected chi connectivity index (χ2v) is 0. The minimum atomic E-state index is 0. The van der Waals surface area contributed by atoms with Crippen molar-refractivity contribution in [2.75, 3.05) is 0 Å². The molecule has 0 aliphatic carbocycles. The summed E-state index contributed by atoms with van der Waals surface area (Å²) in [6.07, 6.45) is 0. The normalized spacial score (nSPS) is 0.750. The van der Waals surface area contributed by atoms with Gasteiger partial charge in [0.15, 0.2) is 17.4 Å². The van der Waals surface area contributed by atoms with Gasteiger partial charge in [0.05, 0.1) is 0 Å². The molecule has 0 aliphatic rings. The van der Waals surface area contributed by atoms with Gasteiger partial charge in [-0.05, 0) is 0 Å². The minimum absolute atomic E-state index is 0. The third-order valence-corrected chi connectivity index (χ3v) is 0. The molecule has 0 atom stereocenters. The summed E-state index contributed by atoms with van der Waals surface area (Å²) in [4.78, 5) is 0. The zero-order valence-corrected chi connectivity index (χ0v) is 2.53. The van der Waals surface area contributed by atoms with E-state index in [9.17, 15) is 0 Å². The van der Waals surface area contributed by atoms with Gasteiger partial charge in [0, 0.05) is 0 Å². The fourth-order valence-electron chi connectivity index (χ4n) is 0. The standard InChI is InChI=1S/2Al.Mg.O.6H. The Kier molecular flexibility index (Phi) is 100. The molecule has 0 unspecified atom stereocenters. The third kappa shape index (κ3) is 9.45. The van der Waals surface area contributed by atoms with Crippen molar-refractivity contribution < 1.29 is 3.80 Å². The average Bonchev–Trinajstić information content (AvgIpc) is 1.00. The Labute approximate surface area is 60.1 Å². The maximum absolute atomic E-state index is 8.28. The van der Waals surface area contributed by atoms with Gasteiger partial charge in [-0.3, -0.25) is 0 Å². The Morgan fingerprint density at radius 2 is 1.25 bits per heavy atom. The zero-order valence-electron chi connectivity index (χ0n) is 1.12. The second kappa shape index (κ2) is 23.0. The van der Waals surface area contributed by atoms with Crippen molar-refractivity contribution >= 4 is 56.6 Å². The fourth-order valence-corrected chi connectivity index (χ4v) is 0. The predicted molar refractivity (Wildman–Crippen MR) is 26.3 cm³/mol. The molecule has 0 saturated carbocycles. The molecule has 0 N–H and O–H groups in total. The van der Waals surface area contributed by atoms with Crippen LogP contribution >= 0.6 is 0 Å². The molecule has 0 fully saturated rings. The maximum atomic E-state index is 8.28. The Morgan fingerprint density at radius 1 is 1.25 bits per heavy atom. The first-order valence-corrected chi connectivity index (χ1v) is 0.866. The Hall–Kier alpha value is 1.63. The monoisotopic (exact) mass is 100.0 g/mol. The first-order valence-electron chi connectivity index (χ1n) is 0.289. The van der Waals surface area contributed by atoms with E-state index in [1.54, 1.807) is 0 Å². The van der Waals surface area contributed by atoms with Crippen LogP contribution in [-0.2, 0) is 3.80 Å². The van der Waals surface area contributed by atoms with Crippen molar-refractivity contribution in [2.45, 2.75) is 0 Å². The van der Waals surface area contributed by atoms with E-state index in [-0.39, 0.29) is 40.4 Å². The van der Waals surface area contributed by atoms with Crippen LogP contribution in [0.25, 0.3) is 0 Å². The number of hydrogen-bond acceptors (Lipinski definition) is 1. The molecule has 1 nitrogen and oxygen atoms in total. The summed E-state index contributed by atoms with van der Waals surface area (Å²) in [5.74, 6) is 0. The molecule has 0 radical (unpaired) electrons. The van der Waals surface area contributed by atoms with Crippen LogP contribution in [-0.4, -0.2) is 56.6 Å². The topological polar surface area (TPSA) is 17.1 Å². The summed E-state index contributed by atoms with van der Waals surface area (Å²) >= 11 is 0.611. The van der Waals surface area contributed by atoms with E-state index in [1.807, 2.05) is 0 Å². The molecule has 0 amide bonds. The summed E-state index contributed by atoms with van der Waals surface area (Å²) in [6, 6.07) is 0. The molecular formula is H6Al2MgO. The second-order valence-electron chi connectivity index (χ2n) is 0. The van der Waals surface area contributed by atoms with Gasteiger partial charge in [-0.15, -0.1) is 0 Å². The van der Waals surface area contributed by atoms with Crippen LogP contribution in [0, 0.1) is 0 Å². The van der Waals surface area contributed by atoms with Gasteiger partial charge in [-0.25, -0.2) is 0 Å². The Morgan fingerprint density at radius 3 is 1.25 bits per heavy atom. The van der Waals surface area contributed by atoms with Crippen molar-refractivity contribution in [1.29, 1.82) is 0 Å². The van der Waals surface area contributed by atoms with E-state index in [2.05, 4.69) is 0 Å². The molecule has 0 heterocycles. The van der Waals surface area contributed by atoms with E-state index in [1.165, 1.54) is 0 Å². The van der Waals surface area contributed by atoms with E-state index in [0.29, 0.717) is 16.2 Å². The van der Waals surface area contributed by atoms with Gasteiger partial charge in [0.1, 0.15) is 0 Å². The first-order chi connectivity index (χ1) is 1.00. The van der Waals surface area contributed by atoms with Crippen LogP contribution in [0.4, 0.5) is 0 Å². The Bertz CT molecular complexity index is 6.00. The summed E-state index contributed by atoms with van der Waals surface area (Å²) < 4.78 is 8.28. The van der Waals surface area contributed by atoms with E-state index < -0.39 is 0 Å². The summed E-state index contributed by atoms with van der Waals surface area (Å²) in [5.41, 5.74) is 0. The van der Waals surface area contributed by atoms with Crippen LogP contribution < -0.4 is 0 Å². The van der Waals surface area contributed by atoms with Gasteiger partial charge < -0.3 is 0 Å². The van der Waals surface area contributed by atoms with Gasteiger partial charge in [0.25, 0.3) is 0 Å². The van der Waals surface area contributed by atoms with E-state index >= 15 is 0 Å². The molecule has 0 bridgehead atoms. The number of hydrogen-bond donors (Lipinski definition) is 0. The SMILES string of the molecule is [AlH3].[MgH2].[O]=[AlH]. The molecule has 0 aromatic carbocycles. The summed E-state index contributed by atoms with van der Waals surface area (Å²) in [5, 5.41) is 0. The van der Waals surface area contributed by atoms with Crippen LogP contribution in [0.15, 0.2) is 0 Å². The molecule has 0 aliphatic heterocycles. The van der Waals surface area contributed by atoms with Gasteiger partial charge >= 0.3 is 43.1 Å². The molecule has 0 spiro atoms. The van der Waals surface area contributed by atoms with E-state index in [0.717, 1.165) is 0 Å². The third-order valence-electron chi connectivity index (χ3n) is 0. The van der Waals surface area contributed by atoms with Crippen LogP contribution in [0.3, 0.4) is 0 Å². The summed E-state index contributed by atoms with van der Waals surface area (Å²) in [6.45, 7) is 0. The quantitative estimate of drug-likeness (QED) is 0.299. The van der Waals surface area contributed by atoms with Gasteiger partial charge in [-0.1, -0.05) is 0 Å². The fraction of sp³-hybridized carbons (Fsp3) is 0. The van der Waals surface area contributed by atoms with Gasteiger partial charge in [-0.2, -0.15) is 0 Å². The molecule has 0 saturated heterocycles. The molecule has 0 aromatic heterocycles. The molecular weight excluding hydrogens is 94.3 g/mol. The first kappa shape index (κ1) is 17.4. The molecule has 0 aromatic rings. The average molecular weight is 100 g/mol. The predicted octanol–water partition coefficient (Wildman–Crippen LogP) is -2.87. The number of rotatable bonds is 0. The van der Waals surface area contributed by atoms with Crippen molar-refractivity contribution in [3.63, 3.8) is 0 Å². The van der Waals surface area contributed by atoms with Crippen LogP contribution in [0.1, 0.15) is 0 Å². The zero-order chi connectivity index (χ0) is 2.00. The Balaban J connectivity index is -0.00000000500. The van der Waals surface area contributed by atoms with E-state index in [4.69, 9.17) is 3.80 Å². The van der Waals surface area contributed by atoms with Crippen LogP contribution in [0.5, 0.6) is 0 Å². The summed E-state index contributed by atoms with van der Waals surface area (Å²) in [7, 11) is 0. The van der Waals surface area contributed by atoms with Crippen molar-refractivity contribution in [3.8, 4) is 0 Å². The molecule has 4 heteroatoms. The van der Waals surface area contributed by atoms with Gasteiger partial charge in [0.2, 0.25) is 0 Å². The van der Waals surface area contributed by atoms with Crippen LogP contribution in [0.2, 0.25) is 0 Å². The van der Waals surface area contributed by atoms with Crippen molar-refractivity contribution in [2.24, 2.45) is 0 Å². The van der Waals surface area contributed by atoms with Crippen molar-refractivity contribution in [3.05, 3.63) is 0 Å². The molecule has 20 valence electrons. The molecule has 4 heavy (non-hydrogen) atoms.